The Morgan fingerprint density at radius 3 is 2.55 bits per heavy atom. The van der Waals surface area contributed by atoms with Crippen LogP contribution in [0.5, 0.6) is 0 Å². The topological polar surface area (TPSA) is 17.8 Å². The van der Waals surface area contributed by atoms with Gasteiger partial charge in [-0.3, -0.25) is 0 Å². The maximum atomic E-state index is 6.43. The number of aryl methyl sites for hydroxylation is 1. The van der Waals surface area contributed by atoms with Crippen LogP contribution >= 0.6 is 23.2 Å². The van der Waals surface area contributed by atoms with Crippen molar-refractivity contribution in [1.29, 1.82) is 0 Å². The minimum absolute atomic E-state index is 0.411. The zero-order valence-electron chi connectivity index (χ0n) is 12.2. The summed E-state index contributed by atoms with van der Waals surface area (Å²) in [6.07, 6.45) is 0.905. The molecular weight excluding hydrogens is 291 g/mol. The molecule has 0 N–H and O–H groups in total. The highest BCUT2D eigenvalue weighted by molar-refractivity contribution is 6.31. The van der Waals surface area contributed by atoms with Gasteiger partial charge in [0.1, 0.15) is 5.15 Å². The Balaban J connectivity index is 2.33. The van der Waals surface area contributed by atoms with Crippen LogP contribution in [0, 0.1) is 12.8 Å². The largest absolute Gasteiger partial charge is 0.249 e. The molecule has 4 heteroatoms. The molecule has 1 heterocycles. The normalized spacial score (nSPS) is 11.3. The second kappa shape index (κ2) is 6.64. The van der Waals surface area contributed by atoms with Gasteiger partial charge in [-0.25, -0.2) is 4.68 Å². The van der Waals surface area contributed by atoms with Crippen molar-refractivity contribution in [1.82, 2.24) is 9.78 Å². The fourth-order valence-corrected chi connectivity index (χ4v) is 2.88. The Kier molecular flexibility index (Phi) is 5.11. The third kappa shape index (κ3) is 3.36. The molecular formula is C16H20Cl2N2. The molecule has 108 valence electrons. The van der Waals surface area contributed by atoms with Gasteiger partial charge in [0.15, 0.2) is 0 Å². The number of rotatable bonds is 5. The van der Waals surface area contributed by atoms with Crippen molar-refractivity contribution in [2.75, 3.05) is 0 Å². The molecule has 0 aliphatic heterocycles. The molecule has 0 unspecified atom stereocenters. The van der Waals surface area contributed by atoms with E-state index in [9.17, 15) is 0 Å². The predicted octanol–water partition coefficient (Wildman–Crippen LogP) is 4.83. The predicted molar refractivity (Wildman–Crippen MR) is 85.6 cm³/mol. The van der Waals surface area contributed by atoms with Gasteiger partial charge in [0, 0.05) is 5.56 Å². The summed E-state index contributed by atoms with van der Waals surface area (Å²) in [4.78, 5) is 0. The molecule has 0 spiro atoms. The van der Waals surface area contributed by atoms with Crippen molar-refractivity contribution in [3.05, 3.63) is 51.8 Å². The maximum Gasteiger partial charge on any atom is 0.132 e. The third-order valence-electron chi connectivity index (χ3n) is 3.38. The van der Waals surface area contributed by atoms with E-state index in [4.69, 9.17) is 23.2 Å². The molecule has 2 nitrogen and oxygen atoms in total. The summed E-state index contributed by atoms with van der Waals surface area (Å²) in [5.74, 6) is 0.948. The van der Waals surface area contributed by atoms with Crippen LogP contribution in [-0.4, -0.2) is 9.78 Å². The van der Waals surface area contributed by atoms with Gasteiger partial charge in [0.2, 0.25) is 0 Å². The molecule has 0 amide bonds. The van der Waals surface area contributed by atoms with Gasteiger partial charge in [-0.2, -0.15) is 5.10 Å². The summed E-state index contributed by atoms with van der Waals surface area (Å²) in [6.45, 7) is 7.14. The van der Waals surface area contributed by atoms with Crippen LogP contribution in [0.1, 0.15) is 36.2 Å². The van der Waals surface area contributed by atoms with Crippen LogP contribution in [0.15, 0.2) is 24.3 Å². The van der Waals surface area contributed by atoms with Crippen molar-refractivity contribution in [3.63, 3.8) is 0 Å². The van der Waals surface area contributed by atoms with Crippen molar-refractivity contribution < 1.29 is 0 Å². The molecule has 0 aliphatic rings. The van der Waals surface area contributed by atoms with Crippen LogP contribution < -0.4 is 0 Å². The SMILES string of the molecule is Cc1ccccc1Cn1nc(CC(C)C)c(CCl)c1Cl. The maximum absolute atomic E-state index is 6.43. The van der Waals surface area contributed by atoms with E-state index in [0.29, 0.717) is 23.5 Å². The van der Waals surface area contributed by atoms with Gasteiger partial charge in [0.25, 0.3) is 0 Å². The molecule has 2 aromatic rings. The van der Waals surface area contributed by atoms with E-state index in [1.54, 1.807) is 0 Å². The minimum Gasteiger partial charge on any atom is -0.249 e. The van der Waals surface area contributed by atoms with Crippen LogP contribution in [0.25, 0.3) is 0 Å². The number of nitrogens with zero attached hydrogens (tertiary/aromatic N) is 2. The van der Waals surface area contributed by atoms with Crippen molar-refractivity contribution >= 4 is 23.2 Å². The Morgan fingerprint density at radius 1 is 1.25 bits per heavy atom. The number of halogens is 2. The fourth-order valence-electron chi connectivity index (χ4n) is 2.26. The molecule has 0 saturated heterocycles. The number of hydrogen-bond donors (Lipinski definition) is 0. The Labute approximate surface area is 130 Å². The summed E-state index contributed by atoms with van der Waals surface area (Å²) in [5, 5.41) is 5.32. The third-order valence-corrected chi connectivity index (χ3v) is 4.07. The summed E-state index contributed by atoms with van der Waals surface area (Å²) >= 11 is 12.5. The van der Waals surface area contributed by atoms with Gasteiger partial charge >= 0.3 is 0 Å². The molecule has 1 aromatic heterocycles. The second-order valence-electron chi connectivity index (χ2n) is 5.53. The first-order chi connectivity index (χ1) is 9.52. The lowest BCUT2D eigenvalue weighted by Crippen LogP contribution is -2.04. The summed E-state index contributed by atoms with van der Waals surface area (Å²) in [7, 11) is 0. The lowest BCUT2D eigenvalue weighted by molar-refractivity contribution is 0.606. The van der Waals surface area contributed by atoms with Crippen LogP contribution in [0.2, 0.25) is 5.15 Å². The average Bonchev–Trinajstić information content (AvgIpc) is 2.67. The lowest BCUT2D eigenvalue weighted by Gasteiger charge is -2.06. The summed E-state index contributed by atoms with van der Waals surface area (Å²) in [6, 6.07) is 8.29. The second-order valence-corrected chi connectivity index (χ2v) is 6.16. The molecule has 0 atom stereocenters. The number of alkyl halides is 1. The highest BCUT2D eigenvalue weighted by Gasteiger charge is 2.16. The van der Waals surface area contributed by atoms with Gasteiger partial charge in [-0.05, 0) is 30.4 Å². The van der Waals surface area contributed by atoms with E-state index in [0.717, 1.165) is 17.7 Å². The van der Waals surface area contributed by atoms with E-state index < -0.39 is 0 Å². The highest BCUT2D eigenvalue weighted by Crippen LogP contribution is 2.25. The Bertz CT molecular complexity index is 588. The monoisotopic (exact) mass is 310 g/mol. The minimum atomic E-state index is 0.411. The average molecular weight is 311 g/mol. The molecule has 0 saturated carbocycles. The lowest BCUT2D eigenvalue weighted by atomic mass is 10.1. The van der Waals surface area contributed by atoms with Crippen LogP contribution in [-0.2, 0) is 18.8 Å². The molecule has 0 fully saturated rings. The smallest absolute Gasteiger partial charge is 0.132 e. The Morgan fingerprint density at radius 2 is 1.95 bits per heavy atom. The fraction of sp³-hybridized carbons (Fsp3) is 0.438. The van der Waals surface area contributed by atoms with Crippen molar-refractivity contribution in [2.45, 2.75) is 39.6 Å². The van der Waals surface area contributed by atoms with Crippen molar-refractivity contribution in [2.24, 2.45) is 5.92 Å². The first-order valence-corrected chi connectivity index (χ1v) is 7.78. The number of hydrogen-bond acceptors (Lipinski definition) is 1. The molecule has 1 aromatic carbocycles. The number of aromatic nitrogens is 2. The first-order valence-electron chi connectivity index (χ1n) is 6.87. The highest BCUT2D eigenvalue weighted by atomic mass is 35.5. The summed E-state index contributed by atoms with van der Waals surface area (Å²) in [5.41, 5.74) is 4.47. The van der Waals surface area contributed by atoms with Gasteiger partial charge in [-0.1, -0.05) is 49.7 Å². The standard InChI is InChI=1S/C16H20Cl2N2/c1-11(2)8-15-14(9-17)16(18)20(19-15)10-13-7-5-4-6-12(13)3/h4-7,11H,8-10H2,1-3H3. The molecule has 20 heavy (non-hydrogen) atoms. The van der Waals surface area contributed by atoms with Crippen LogP contribution in [0.4, 0.5) is 0 Å². The Hall–Kier alpha value is -0.990. The molecule has 0 aliphatic carbocycles. The van der Waals surface area contributed by atoms with Crippen molar-refractivity contribution in [3.8, 4) is 0 Å². The van der Waals surface area contributed by atoms with Gasteiger partial charge in [-0.15, -0.1) is 11.6 Å². The quantitative estimate of drug-likeness (QED) is 0.723. The van der Waals surface area contributed by atoms with E-state index >= 15 is 0 Å². The van der Waals surface area contributed by atoms with Gasteiger partial charge < -0.3 is 0 Å². The zero-order valence-corrected chi connectivity index (χ0v) is 13.7. The van der Waals surface area contributed by atoms with E-state index in [2.05, 4.69) is 38.0 Å². The molecule has 0 bridgehead atoms. The zero-order chi connectivity index (χ0) is 14.7. The number of benzene rings is 1. The molecule has 0 radical (unpaired) electrons. The molecule has 2 rings (SSSR count). The van der Waals surface area contributed by atoms with E-state index in [1.165, 1.54) is 11.1 Å². The van der Waals surface area contributed by atoms with E-state index in [1.807, 2.05) is 16.8 Å². The van der Waals surface area contributed by atoms with Gasteiger partial charge in [0.05, 0.1) is 18.1 Å². The van der Waals surface area contributed by atoms with E-state index in [-0.39, 0.29) is 0 Å². The summed E-state index contributed by atoms with van der Waals surface area (Å²) < 4.78 is 1.86. The van der Waals surface area contributed by atoms with Crippen LogP contribution in [0.3, 0.4) is 0 Å². The first kappa shape index (κ1) is 15.4.